The molecule has 0 spiro atoms. The number of hydrogen-bond acceptors (Lipinski definition) is 1. The summed E-state index contributed by atoms with van der Waals surface area (Å²) in [4.78, 5) is 11.7. The molecule has 0 radical (unpaired) electrons. The predicted octanol–water partition coefficient (Wildman–Crippen LogP) is 3.00. The van der Waals surface area contributed by atoms with Crippen molar-refractivity contribution in [2.24, 2.45) is 5.41 Å². The third-order valence-electron chi connectivity index (χ3n) is 2.74. The first-order valence-corrected chi connectivity index (χ1v) is 6.43. The molecule has 0 aliphatic rings. The van der Waals surface area contributed by atoms with Gasteiger partial charge < -0.3 is 5.32 Å². The lowest BCUT2D eigenvalue weighted by molar-refractivity contribution is -0.120. The molecule has 0 bridgehead atoms. The minimum atomic E-state index is 0.0636. The molecule has 0 heterocycles. The first-order chi connectivity index (χ1) is 8.03. The molecule has 1 aromatic rings. The average molecular weight is 254 g/mol. The lowest BCUT2D eigenvalue weighted by Crippen LogP contribution is -2.35. The Bertz CT molecular complexity index is 348. The summed E-state index contributed by atoms with van der Waals surface area (Å²) < 4.78 is 0. The van der Waals surface area contributed by atoms with Crippen LogP contribution in [0.5, 0.6) is 0 Å². The maximum absolute atomic E-state index is 11.7. The Hall–Kier alpha value is -1.02. The van der Waals surface area contributed by atoms with Gasteiger partial charge in [-0.15, -0.1) is 11.6 Å². The Morgan fingerprint density at radius 1 is 1.29 bits per heavy atom. The van der Waals surface area contributed by atoms with Crippen LogP contribution in [0.1, 0.15) is 25.8 Å². The highest BCUT2D eigenvalue weighted by Gasteiger charge is 2.17. The average Bonchev–Trinajstić information content (AvgIpc) is 2.28. The van der Waals surface area contributed by atoms with Gasteiger partial charge in [0.1, 0.15) is 0 Å². The number of amides is 1. The molecule has 0 aliphatic carbocycles. The highest BCUT2D eigenvalue weighted by atomic mass is 35.5. The molecule has 17 heavy (non-hydrogen) atoms. The predicted molar refractivity (Wildman–Crippen MR) is 72.3 cm³/mol. The van der Waals surface area contributed by atoms with Crippen molar-refractivity contribution in [3.63, 3.8) is 0 Å². The maximum Gasteiger partial charge on any atom is 0.224 e. The number of carbonyl (C=O) groups excluding carboxylic acids is 1. The SMILES string of the molecule is CC(C)(CCCl)CNC(=O)Cc1ccccc1. The summed E-state index contributed by atoms with van der Waals surface area (Å²) in [6, 6.07) is 9.76. The van der Waals surface area contributed by atoms with Crippen molar-refractivity contribution in [2.75, 3.05) is 12.4 Å². The highest BCUT2D eigenvalue weighted by molar-refractivity contribution is 6.17. The Morgan fingerprint density at radius 2 is 1.94 bits per heavy atom. The molecule has 2 nitrogen and oxygen atoms in total. The molecule has 0 saturated heterocycles. The number of hydrogen-bond donors (Lipinski definition) is 1. The van der Waals surface area contributed by atoms with Crippen LogP contribution < -0.4 is 5.32 Å². The van der Waals surface area contributed by atoms with E-state index in [4.69, 9.17) is 11.6 Å². The summed E-state index contributed by atoms with van der Waals surface area (Å²) >= 11 is 5.72. The molecule has 1 rings (SSSR count). The zero-order chi connectivity index (χ0) is 12.7. The number of halogens is 1. The van der Waals surface area contributed by atoms with E-state index in [0.717, 1.165) is 12.0 Å². The van der Waals surface area contributed by atoms with Crippen LogP contribution in [0.2, 0.25) is 0 Å². The lowest BCUT2D eigenvalue weighted by atomic mass is 9.90. The van der Waals surface area contributed by atoms with E-state index in [-0.39, 0.29) is 11.3 Å². The van der Waals surface area contributed by atoms with Crippen LogP contribution in [0.15, 0.2) is 30.3 Å². The molecule has 0 unspecified atom stereocenters. The first-order valence-electron chi connectivity index (χ1n) is 5.90. The maximum atomic E-state index is 11.7. The third kappa shape index (κ3) is 5.73. The van der Waals surface area contributed by atoms with Crippen LogP contribution in [-0.2, 0) is 11.2 Å². The van der Waals surface area contributed by atoms with E-state index in [0.29, 0.717) is 18.8 Å². The number of nitrogens with one attached hydrogen (secondary N) is 1. The van der Waals surface area contributed by atoms with Gasteiger partial charge in [0.2, 0.25) is 5.91 Å². The van der Waals surface area contributed by atoms with Crippen LogP contribution in [0.25, 0.3) is 0 Å². The molecule has 1 aromatic carbocycles. The van der Waals surface area contributed by atoms with Crippen LogP contribution in [0.3, 0.4) is 0 Å². The van der Waals surface area contributed by atoms with Crippen LogP contribution in [0.4, 0.5) is 0 Å². The normalized spacial score (nSPS) is 11.2. The summed E-state index contributed by atoms with van der Waals surface area (Å²) in [5, 5.41) is 2.96. The van der Waals surface area contributed by atoms with E-state index in [1.807, 2.05) is 30.3 Å². The summed E-state index contributed by atoms with van der Waals surface area (Å²) in [6.07, 6.45) is 1.35. The van der Waals surface area contributed by atoms with Crippen molar-refractivity contribution in [1.82, 2.24) is 5.32 Å². The molecule has 94 valence electrons. The van der Waals surface area contributed by atoms with Gasteiger partial charge in [-0.05, 0) is 17.4 Å². The lowest BCUT2D eigenvalue weighted by Gasteiger charge is -2.23. The number of benzene rings is 1. The first kappa shape index (κ1) is 14.0. The van der Waals surface area contributed by atoms with Crippen molar-refractivity contribution in [1.29, 1.82) is 0 Å². The molecule has 0 saturated carbocycles. The molecular formula is C14H20ClNO. The van der Waals surface area contributed by atoms with Crippen LogP contribution in [0, 0.1) is 5.41 Å². The van der Waals surface area contributed by atoms with Gasteiger partial charge in [0.15, 0.2) is 0 Å². The van der Waals surface area contributed by atoms with Crippen molar-refractivity contribution >= 4 is 17.5 Å². The molecule has 0 aromatic heterocycles. The van der Waals surface area contributed by atoms with E-state index in [2.05, 4.69) is 19.2 Å². The fourth-order valence-electron chi connectivity index (χ4n) is 1.53. The van der Waals surface area contributed by atoms with Gasteiger partial charge >= 0.3 is 0 Å². The van der Waals surface area contributed by atoms with E-state index in [1.165, 1.54) is 0 Å². The number of rotatable bonds is 6. The van der Waals surface area contributed by atoms with Gasteiger partial charge in [-0.25, -0.2) is 0 Å². The summed E-state index contributed by atoms with van der Waals surface area (Å²) in [5.41, 5.74) is 1.11. The standard InChI is InChI=1S/C14H20ClNO/c1-14(2,8-9-15)11-16-13(17)10-12-6-4-3-5-7-12/h3-7H,8-11H2,1-2H3,(H,16,17). The Balaban J connectivity index is 2.36. The fourth-order valence-corrected chi connectivity index (χ4v) is 2.04. The van der Waals surface area contributed by atoms with Gasteiger partial charge in [0.05, 0.1) is 6.42 Å². The topological polar surface area (TPSA) is 29.1 Å². The van der Waals surface area contributed by atoms with Gasteiger partial charge in [-0.3, -0.25) is 4.79 Å². The van der Waals surface area contributed by atoms with Crippen LogP contribution in [-0.4, -0.2) is 18.3 Å². The summed E-state index contributed by atoms with van der Waals surface area (Å²) in [7, 11) is 0. The minimum Gasteiger partial charge on any atom is -0.355 e. The monoisotopic (exact) mass is 253 g/mol. The van der Waals surface area contributed by atoms with E-state index < -0.39 is 0 Å². The van der Waals surface area contributed by atoms with Gasteiger partial charge in [-0.1, -0.05) is 44.2 Å². The Labute approximate surface area is 108 Å². The largest absolute Gasteiger partial charge is 0.355 e. The number of alkyl halides is 1. The van der Waals surface area contributed by atoms with Crippen molar-refractivity contribution in [3.05, 3.63) is 35.9 Å². The molecule has 1 N–H and O–H groups in total. The van der Waals surface area contributed by atoms with E-state index >= 15 is 0 Å². The molecule has 1 amide bonds. The van der Waals surface area contributed by atoms with Gasteiger partial charge in [-0.2, -0.15) is 0 Å². The molecular weight excluding hydrogens is 234 g/mol. The molecule has 0 aliphatic heterocycles. The number of carbonyl (C=O) groups is 1. The zero-order valence-corrected chi connectivity index (χ0v) is 11.3. The van der Waals surface area contributed by atoms with E-state index in [1.54, 1.807) is 0 Å². The zero-order valence-electron chi connectivity index (χ0n) is 10.5. The van der Waals surface area contributed by atoms with Gasteiger partial charge in [0.25, 0.3) is 0 Å². The summed E-state index contributed by atoms with van der Waals surface area (Å²) in [6.45, 7) is 4.89. The second-order valence-electron chi connectivity index (χ2n) is 5.04. The molecule has 0 atom stereocenters. The molecule has 0 fully saturated rings. The minimum absolute atomic E-state index is 0.0636. The second kappa shape index (κ2) is 6.65. The smallest absolute Gasteiger partial charge is 0.224 e. The quantitative estimate of drug-likeness (QED) is 0.776. The third-order valence-corrected chi connectivity index (χ3v) is 2.93. The van der Waals surface area contributed by atoms with Crippen molar-refractivity contribution < 1.29 is 4.79 Å². The van der Waals surface area contributed by atoms with Crippen LogP contribution >= 0.6 is 11.6 Å². The fraction of sp³-hybridized carbons (Fsp3) is 0.500. The molecule has 3 heteroatoms. The summed E-state index contributed by atoms with van der Waals surface area (Å²) in [5.74, 6) is 0.695. The second-order valence-corrected chi connectivity index (χ2v) is 5.42. The Morgan fingerprint density at radius 3 is 2.53 bits per heavy atom. The van der Waals surface area contributed by atoms with E-state index in [9.17, 15) is 4.79 Å². The highest BCUT2D eigenvalue weighted by Crippen LogP contribution is 2.19. The van der Waals surface area contributed by atoms with Crippen molar-refractivity contribution in [2.45, 2.75) is 26.7 Å². The van der Waals surface area contributed by atoms with Gasteiger partial charge in [0, 0.05) is 12.4 Å². The Kier molecular flexibility index (Phi) is 5.49. The van der Waals surface area contributed by atoms with Crippen molar-refractivity contribution in [3.8, 4) is 0 Å².